The van der Waals surface area contributed by atoms with Crippen LogP contribution in [-0.2, 0) is 31.6 Å². The second-order valence-corrected chi connectivity index (χ2v) is 18.1. The molecule has 0 bridgehead atoms. The molecule has 216 valence electrons. The maximum absolute atomic E-state index is 14.5. The molecule has 0 aliphatic carbocycles. The van der Waals surface area contributed by atoms with E-state index >= 15 is 0 Å². The van der Waals surface area contributed by atoms with Gasteiger partial charge < -0.3 is 9.16 Å². The fourth-order valence-electron chi connectivity index (χ4n) is 4.48. The number of carbonyl (C=O) groups excluding carboxylic acids is 2. The van der Waals surface area contributed by atoms with Crippen LogP contribution in [0.15, 0.2) is 72.8 Å². The predicted molar refractivity (Wildman–Crippen MR) is 172 cm³/mol. The highest BCUT2D eigenvalue weighted by atomic mass is 32.2. The number of hydrogen-bond acceptors (Lipinski definition) is 6. The summed E-state index contributed by atoms with van der Waals surface area (Å²) in [5.41, 5.74) is 2.33. The number of aryl methyl sites for hydroxylation is 1. The molecule has 2 aromatic carbocycles. The van der Waals surface area contributed by atoms with Crippen molar-refractivity contribution in [2.75, 3.05) is 12.4 Å². The molecule has 3 atom stereocenters. The summed E-state index contributed by atoms with van der Waals surface area (Å²) < 4.78 is 12.7. The van der Waals surface area contributed by atoms with Gasteiger partial charge in [0, 0.05) is 11.8 Å². The largest absolute Gasteiger partial charge is 0.463 e. The number of hydrogen-bond donors (Lipinski definition) is 0. The number of ether oxygens (including phenoxy) is 1. The molecule has 40 heavy (non-hydrogen) atoms. The highest BCUT2D eigenvalue weighted by molar-refractivity contribution is 8.23. The van der Waals surface area contributed by atoms with Crippen molar-refractivity contribution in [1.82, 2.24) is 4.90 Å². The molecule has 1 heterocycles. The second kappa shape index (κ2) is 14.6. The third-order valence-electron chi connectivity index (χ3n) is 7.76. The summed E-state index contributed by atoms with van der Waals surface area (Å²) in [6.45, 7) is 12.9. The van der Waals surface area contributed by atoms with Gasteiger partial charge in [-0.05, 0) is 61.5 Å². The Morgan fingerprint density at radius 1 is 1.07 bits per heavy atom. The van der Waals surface area contributed by atoms with Crippen LogP contribution in [-0.4, -0.2) is 53.9 Å². The number of thiocarbonyl (C=S) groups is 1. The first-order valence-electron chi connectivity index (χ1n) is 14.0. The molecule has 1 fully saturated rings. The predicted octanol–water partition coefficient (Wildman–Crippen LogP) is 7.22. The first-order chi connectivity index (χ1) is 18.9. The van der Waals surface area contributed by atoms with Gasteiger partial charge in [0.2, 0.25) is 5.91 Å². The lowest BCUT2D eigenvalue weighted by Gasteiger charge is -2.41. The fraction of sp³-hybridized carbons (Fsp3) is 0.469. The van der Waals surface area contributed by atoms with Gasteiger partial charge in [-0.1, -0.05) is 105 Å². The van der Waals surface area contributed by atoms with Crippen LogP contribution < -0.4 is 0 Å². The number of esters is 1. The smallest absolute Gasteiger partial charge is 0.330 e. The zero-order valence-electron chi connectivity index (χ0n) is 24.6. The summed E-state index contributed by atoms with van der Waals surface area (Å²) in [5.74, 6) is -0.231. The number of nitrogens with zero attached hydrogens (tertiary/aromatic N) is 1. The Morgan fingerprint density at radius 2 is 1.68 bits per heavy atom. The first kappa shape index (κ1) is 32.3. The summed E-state index contributed by atoms with van der Waals surface area (Å²) in [5, 5.41) is -0.0787. The van der Waals surface area contributed by atoms with Gasteiger partial charge in [0.25, 0.3) is 0 Å². The molecule has 1 aliphatic heterocycles. The van der Waals surface area contributed by atoms with Gasteiger partial charge in [-0.25, -0.2) is 4.79 Å². The van der Waals surface area contributed by atoms with Gasteiger partial charge in [-0.15, -0.1) is 0 Å². The number of amides is 1. The second-order valence-electron chi connectivity index (χ2n) is 11.7. The van der Waals surface area contributed by atoms with Crippen molar-refractivity contribution < 1.29 is 18.8 Å². The summed E-state index contributed by atoms with van der Waals surface area (Å²) in [6.07, 6.45) is 4.58. The molecule has 3 rings (SSSR count). The van der Waals surface area contributed by atoms with Crippen LogP contribution in [0.4, 0.5) is 0 Å². The molecule has 1 amide bonds. The van der Waals surface area contributed by atoms with E-state index < -0.39 is 26.3 Å². The van der Waals surface area contributed by atoms with Crippen LogP contribution in [0, 0.1) is 5.92 Å². The zero-order valence-corrected chi connectivity index (χ0v) is 27.2. The average Bonchev–Trinajstić information content (AvgIpc) is 3.27. The molecule has 2 aromatic rings. The van der Waals surface area contributed by atoms with Crippen molar-refractivity contribution in [3.05, 3.63) is 83.9 Å². The SMILES string of the molecule is CCOC(=O)C=C[C@H](O[Si](C)(C)C(C)(C)C)[C@H](CCc1ccccc1)C(=O)N1C(=S)SC[C@@H]1Cc1ccccc1. The van der Waals surface area contributed by atoms with E-state index in [1.807, 2.05) is 41.3 Å². The Kier molecular flexibility index (Phi) is 11.8. The van der Waals surface area contributed by atoms with E-state index in [1.54, 1.807) is 24.8 Å². The molecular weight excluding hydrogens is 555 g/mol. The van der Waals surface area contributed by atoms with Crippen LogP contribution in [0.5, 0.6) is 0 Å². The minimum absolute atomic E-state index is 0.0332. The van der Waals surface area contributed by atoms with Crippen molar-refractivity contribution >= 4 is 48.5 Å². The zero-order chi connectivity index (χ0) is 29.3. The first-order valence-corrected chi connectivity index (χ1v) is 18.3. The molecule has 0 aromatic heterocycles. The summed E-state index contributed by atoms with van der Waals surface area (Å²) >= 11 is 7.31. The molecule has 0 saturated carbocycles. The molecule has 0 radical (unpaired) electrons. The lowest BCUT2D eigenvalue weighted by atomic mass is 9.91. The fourth-order valence-corrected chi connectivity index (χ4v) is 7.18. The number of thioether (sulfide) groups is 1. The van der Waals surface area contributed by atoms with Crippen LogP contribution in [0.1, 0.15) is 45.2 Å². The minimum atomic E-state index is -2.32. The molecule has 5 nitrogen and oxygen atoms in total. The van der Waals surface area contributed by atoms with Gasteiger partial charge in [-0.3, -0.25) is 9.69 Å². The van der Waals surface area contributed by atoms with Gasteiger partial charge >= 0.3 is 5.97 Å². The molecule has 0 N–H and O–H groups in total. The summed E-state index contributed by atoms with van der Waals surface area (Å²) in [7, 11) is -2.32. The Balaban J connectivity index is 1.99. The summed E-state index contributed by atoms with van der Waals surface area (Å²) in [6, 6.07) is 20.4. The lowest BCUT2D eigenvalue weighted by Crippen LogP contribution is -2.50. The van der Waals surface area contributed by atoms with E-state index in [2.05, 4.69) is 58.1 Å². The van der Waals surface area contributed by atoms with Gasteiger partial charge in [0.15, 0.2) is 8.32 Å². The number of carbonyl (C=O) groups is 2. The Labute approximate surface area is 250 Å². The van der Waals surface area contributed by atoms with E-state index in [0.29, 0.717) is 17.2 Å². The Hall–Kier alpha value is -2.26. The number of rotatable bonds is 12. The van der Waals surface area contributed by atoms with Crippen LogP contribution in [0.25, 0.3) is 0 Å². The highest BCUT2D eigenvalue weighted by Crippen LogP contribution is 2.39. The normalized spacial score (nSPS) is 17.7. The Morgan fingerprint density at radius 3 is 2.25 bits per heavy atom. The minimum Gasteiger partial charge on any atom is -0.463 e. The molecule has 0 spiro atoms. The third-order valence-corrected chi connectivity index (χ3v) is 13.8. The van der Waals surface area contributed by atoms with Crippen molar-refractivity contribution in [3.8, 4) is 0 Å². The van der Waals surface area contributed by atoms with E-state index in [0.717, 1.165) is 17.7 Å². The molecule has 8 heteroatoms. The molecule has 0 unspecified atom stereocenters. The quantitative estimate of drug-likeness (QED) is 0.111. The van der Waals surface area contributed by atoms with Crippen LogP contribution >= 0.6 is 24.0 Å². The van der Waals surface area contributed by atoms with E-state index in [1.165, 1.54) is 11.6 Å². The summed E-state index contributed by atoms with van der Waals surface area (Å²) in [4.78, 5) is 28.7. The van der Waals surface area contributed by atoms with E-state index in [9.17, 15) is 9.59 Å². The van der Waals surface area contributed by atoms with Crippen molar-refractivity contribution in [3.63, 3.8) is 0 Å². The topological polar surface area (TPSA) is 55.8 Å². The maximum Gasteiger partial charge on any atom is 0.330 e. The van der Waals surface area contributed by atoms with Crippen molar-refractivity contribution in [2.45, 2.75) is 77.2 Å². The lowest BCUT2D eigenvalue weighted by molar-refractivity contribution is -0.138. The van der Waals surface area contributed by atoms with Crippen molar-refractivity contribution in [2.24, 2.45) is 5.92 Å². The molecular formula is C32H43NO4S2Si. The molecule has 1 aliphatic rings. The average molecular weight is 598 g/mol. The van der Waals surface area contributed by atoms with Crippen LogP contribution in [0.2, 0.25) is 18.1 Å². The maximum atomic E-state index is 14.5. The van der Waals surface area contributed by atoms with Gasteiger partial charge in [0.05, 0.1) is 24.7 Å². The van der Waals surface area contributed by atoms with E-state index in [4.69, 9.17) is 21.4 Å². The van der Waals surface area contributed by atoms with E-state index in [-0.39, 0.29) is 23.6 Å². The Bertz CT molecular complexity index is 1160. The monoisotopic (exact) mass is 597 g/mol. The number of benzene rings is 2. The van der Waals surface area contributed by atoms with Gasteiger partial charge in [-0.2, -0.15) is 0 Å². The molecule has 1 saturated heterocycles. The third kappa shape index (κ3) is 8.87. The standard InChI is InChI=1S/C32H43NO4S2Si/c1-7-36-29(34)21-20-28(37-40(5,6)32(2,3)4)27(19-18-24-14-10-8-11-15-24)30(35)33-26(23-39-31(33)38)22-25-16-12-9-13-17-25/h8-17,20-21,26-28H,7,18-19,22-23H2,1-6H3/t26-,27-,28-/m0/s1. The van der Waals surface area contributed by atoms with Gasteiger partial charge in [0.1, 0.15) is 4.32 Å². The van der Waals surface area contributed by atoms with Crippen LogP contribution in [0.3, 0.4) is 0 Å². The van der Waals surface area contributed by atoms with Crippen molar-refractivity contribution in [1.29, 1.82) is 0 Å². The highest BCUT2D eigenvalue weighted by Gasteiger charge is 2.44.